The number of aliphatic hydroxyl groups excluding tert-OH is 1. The van der Waals surface area contributed by atoms with Gasteiger partial charge < -0.3 is 10.4 Å². The van der Waals surface area contributed by atoms with Crippen LogP contribution >= 0.6 is 0 Å². The third-order valence-electron chi connectivity index (χ3n) is 3.98. The second-order valence-electron chi connectivity index (χ2n) is 5.84. The van der Waals surface area contributed by atoms with E-state index in [1.54, 1.807) is 24.3 Å². The zero-order valence-corrected chi connectivity index (χ0v) is 12.7. The highest BCUT2D eigenvalue weighted by Crippen LogP contribution is 2.23. The lowest BCUT2D eigenvalue weighted by Crippen LogP contribution is -2.47. The molecule has 1 saturated heterocycles. The van der Waals surface area contributed by atoms with Gasteiger partial charge in [0.25, 0.3) is 0 Å². The lowest BCUT2D eigenvalue weighted by Gasteiger charge is -2.33. The summed E-state index contributed by atoms with van der Waals surface area (Å²) in [5.41, 5.74) is 0.770. The number of likely N-dealkylation sites (tertiary alicyclic amines) is 1. The van der Waals surface area contributed by atoms with Crippen molar-refractivity contribution in [3.05, 3.63) is 35.9 Å². The van der Waals surface area contributed by atoms with Crippen molar-refractivity contribution in [2.75, 3.05) is 26.2 Å². The smallest absolute Gasteiger partial charge is 0.394 e. The van der Waals surface area contributed by atoms with Crippen LogP contribution in [0.2, 0.25) is 0 Å². The summed E-state index contributed by atoms with van der Waals surface area (Å²) >= 11 is 0. The maximum Gasteiger partial charge on any atom is 0.401 e. The van der Waals surface area contributed by atoms with Crippen LogP contribution in [0.3, 0.4) is 0 Å². The lowest BCUT2D eigenvalue weighted by molar-refractivity contribution is -0.152. The Morgan fingerprint density at radius 3 is 2.65 bits per heavy atom. The zero-order valence-electron chi connectivity index (χ0n) is 12.7. The zero-order chi connectivity index (χ0) is 16.9. The van der Waals surface area contributed by atoms with E-state index >= 15 is 0 Å². The quantitative estimate of drug-likeness (QED) is 0.869. The molecule has 4 nitrogen and oxygen atoms in total. The van der Waals surface area contributed by atoms with E-state index in [0.717, 1.165) is 5.56 Å². The van der Waals surface area contributed by atoms with Crippen LogP contribution < -0.4 is 5.32 Å². The summed E-state index contributed by atoms with van der Waals surface area (Å²) in [7, 11) is 0. The Balaban J connectivity index is 1.94. The van der Waals surface area contributed by atoms with E-state index in [4.69, 9.17) is 0 Å². The first kappa shape index (κ1) is 17.7. The van der Waals surface area contributed by atoms with Crippen LogP contribution in [0.5, 0.6) is 0 Å². The Labute approximate surface area is 133 Å². The van der Waals surface area contributed by atoms with Crippen LogP contribution in [-0.2, 0) is 4.79 Å². The first-order valence-electron chi connectivity index (χ1n) is 7.64. The molecule has 0 aromatic heterocycles. The van der Waals surface area contributed by atoms with Crippen LogP contribution in [0.1, 0.15) is 24.4 Å². The van der Waals surface area contributed by atoms with Crippen molar-refractivity contribution in [2.45, 2.75) is 25.1 Å². The predicted molar refractivity (Wildman–Crippen MR) is 79.6 cm³/mol. The van der Waals surface area contributed by atoms with E-state index in [0.29, 0.717) is 19.4 Å². The van der Waals surface area contributed by atoms with Crippen molar-refractivity contribution in [3.63, 3.8) is 0 Å². The van der Waals surface area contributed by atoms with Crippen LogP contribution in [0.4, 0.5) is 13.2 Å². The number of halogens is 3. The van der Waals surface area contributed by atoms with E-state index < -0.39 is 24.7 Å². The standard InChI is InChI=1S/C16H21F3N2O2/c17-16(18,19)11-21-8-4-7-13(9-21)15(23)20-14(10-22)12-5-2-1-3-6-12/h1-3,5-6,13-14,22H,4,7-11H2,(H,20,23)/t13-,14-/m1/s1. The van der Waals surface area contributed by atoms with Crippen molar-refractivity contribution in [1.82, 2.24) is 10.2 Å². The van der Waals surface area contributed by atoms with Gasteiger partial charge in [-0.25, -0.2) is 0 Å². The van der Waals surface area contributed by atoms with Crippen molar-refractivity contribution in [3.8, 4) is 0 Å². The molecule has 0 saturated carbocycles. The molecule has 128 valence electrons. The number of benzene rings is 1. The van der Waals surface area contributed by atoms with E-state index in [2.05, 4.69) is 5.32 Å². The summed E-state index contributed by atoms with van der Waals surface area (Å²) in [5.74, 6) is -0.788. The van der Waals surface area contributed by atoms with E-state index in [1.807, 2.05) is 6.07 Å². The summed E-state index contributed by atoms with van der Waals surface area (Å²) < 4.78 is 37.4. The summed E-state index contributed by atoms with van der Waals surface area (Å²) in [5, 5.41) is 12.2. The van der Waals surface area contributed by atoms with E-state index in [9.17, 15) is 23.1 Å². The summed E-state index contributed by atoms with van der Waals surface area (Å²) in [6, 6.07) is 8.47. The van der Waals surface area contributed by atoms with Gasteiger partial charge in [0, 0.05) is 6.54 Å². The van der Waals surface area contributed by atoms with Gasteiger partial charge in [-0.3, -0.25) is 9.69 Å². The summed E-state index contributed by atoms with van der Waals surface area (Å²) in [4.78, 5) is 13.6. The Morgan fingerprint density at radius 1 is 1.35 bits per heavy atom. The number of amides is 1. The Morgan fingerprint density at radius 2 is 2.04 bits per heavy atom. The van der Waals surface area contributed by atoms with Crippen LogP contribution in [0.15, 0.2) is 30.3 Å². The molecular weight excluding hydrogens is 309 g/mol. The lowest BCUT2D eigenvalue weighted by atomic mass is 9.96. The van der Waals surface area contributed by atoms with Crippen LogP contribution in [-0.4, -0.2) is 48.3 Å². The van der Waals surface area contributed by atoms with Crippen LogP contribution in [0.25, 0.3) is 0 Å². The SMILES string of the molecule is O=C(N[C@H](CO)c1ccccc1)[C@@H]1CCCN(CC(F)(F)F)C1. The molecule has 1 fully saturated rings. The van der Waals surface area contributed by atoms with Gasteiger partial charge >= 0.3 is 6.18 Å². The molecule has 1 heterocycles. The highest BCUT2D eigenvalue weighted by molar-refractivity contribution is 5.79. The van der Waals surface area contributed by atoms with Gasteiger partial charge in [-0.15, -0.1) is 0 Å². The second kappa shape index (κ2) is 7.79. The molecule has 2 rings (SSSR count). The molecule has 0 unspecified atom stereocenters. The minimum absolute atomic E-state index is 0.0955. The molecule has 1 amide bonds. The molecule has 0 spiro atoms. The molecule has 7 heteroatoms. The number of hydrogen-bond acceptors (Lipinski definition) is 3. The molecule has 2 N–H and O–H groups in total. The van der Waals surface area contributed by atoms with Gasteiger partial charge in [0.05, 0.1) is 25.1 Å². The minimum Gasteiger partial charge on any atom is -0.394 e. The van der Waals surface area contributed by atoms with E-state index in [1.165, 1.54) is 4.90 Å². The molecule has 0 bridgehead atoms. The largest absolute Gasteiger partial charge is 0.401 e. The van der Waals surface area contributed by atoms with Gasteiger partial charge in [0.2, 0.25) is 5.91 Å². The number of alkyl halides is 3. The molecule has 1 aliphatic heterocycles. The predicted octanol–water partition coefficient (Wildman–Crippen LogP) is 2.11. The maximum atomic E-state index is 12.5. The first-order chi connectivity index (χ1) is 10.9. The Kier molecular flexibility index (Phi) is 6.01. The number of nitrogens with zero attached hydrogens (tertiary/aromatic N) is 1. The third-order valence-corrected chi connectivity index (χ3v) is 3.98. The van der Waals surface area contributed by atoms with Crippen molar-refractivity contribution < 1.29 is 23.1 Å². The van der Waals surface area contributed by atoms with Crippen molar-refractivity contribution in [1.29, 1.82) is 0 Å². The number of aliphatic hydroxyl groups is 1. The van der Waals surface area contributed by atoms with Gasteiger partial charge in [-0.1, -0.05) is 30.3 Å². The number of carbonyl (C=O) groups excluding carboxylic acids is 1. The van der Waals surface area contributed by atoms with Crippen molar-refractivity contribution >= 4 is 5.91 Å². The Bertz CT molecular complexity index is 508. The molecule has 1 aromatic carbocycles. The summed E-state index contributed by atoms with van der Waals surface area (Å²) in [6.45, 7) is -0.794. The number of carbonyl (C=O) groups is 1. The highest BCUT2D eigenvalue weighted by atomic mass is 19.4. The molecule has 0 aliphatic carbocycles. The number of rotatable bonds is 5. The molecule has 1 aliphatic rings. The van der Waals surface area contributed by atoms with Gasteiger partial charge in [-0.2, -0.15) is 13.2 Å². The average molecular weight is 330 g/mol. The average Bonchev–Trinajstić information content (AvgIpc) is 2.52. The van der Waals surface area contributed by atoms with Crippen LogP contribution in [0, 0.1) is 5.92 Å². The fraction of sp³-hybridized carbons (Fsp3) is 0.562. The van der Waals surface area contributed by atoms with Gasteiger partial charge in [0.15, 0.2) is 0 Å². The van der Waals surface area contributed by atoms with Gasteiger partial charge in [0.1, 0.15) is 0 Å². The molecule has 1 aromatic rings. The van der Waals surface area contributed by atoms with Crippen molar-refractivity contribution in [2.24, 2.45) is 5.92 Å². The fourth-order valence-corrected chi connectivity index (χ4v) is 2.88. The number of hydrogen-bond donors (Lipinski definition) is 2. The number of piperidine rings is 1. The molecular formula is C16H21F3N2O2. The fourth-order valence-electron chi connectivity index (χ4n) is 2.88. The summed E-state index contributed by atoms with van der Waals surface area (Å²) in [6.07, 6.45) is -3.13. The van der Waals surface area contributed by atoms with E-state index in [-0.39, 0.29) is 19.1 Å². The number of nitrogens with one attached hydrogen (secondary N) is 1. The monoisotopic (exact) mass is 330 g/mol. The molecule has 2 atom stereocenters. The Hall–Kier alpha value is -1.60. The molecule has 23 heavy (non-hydrogen) atoms. The van der Waals surface area contributed by atoms with Gasteiger partial charge in [-0.05, 0) is 24.9 Å². The third kappa shape index (κ3) is 5.51. The molecule has 0 radical (unpaired) electrons. The topological polar surface area (TPSA) is 52.6 Å². The maximum absolute atomic E-state index is 12.5. The second-order valence-corrected chi connectivity index (χ2v) is 5.84. The first-order valence-corrected chi connectivity index (χ1v) is 7.64. The normalized spacial score (nSPS) is 21.0. The minimum atomic E-state index is -4.25. The highest BCUT2D eigenvalue weighted by Gasteiger charge is 2.35.